The van der Waals surface area contributed by atoms with Crippen molar-refractivity contribution in [1.29, 1.82) is 0 Å². The van der Waals surface area contributed by atoms with Gasteiger partial charge in [0.05, 0.1) is 0 Å². The molecule has 0 aromatic carbocycles. The van der Waals surface area contributed by atoms with Crippen molar-refractivity contribution in [3.63, 3.8) is 0 Å². The molecule has 0 fully saturated rings. The first-order valence-electron chi connectivity index (χ1n) is 5.69. The van der Waals surface area contributed by atoms with Crippen molar-refractivity contribution >= 4 is 11.6 Å². The minimum Gasteiger partial charge on any atom is -0.396 e. The van der Waals surface area contributed by atoms with E-state index in [0.717, 1.165) is 43.1 Å². The summed E-state index contributed by atoms with van der Waals surface area (Å²) in [6.45, 7) is 5.93. The van der Waals surface area contributed by atoms with E-state index in [1.165, 1.54) is 0 Å². The van der Waals surface area contributed by atoms with Crippen molar-refractivity contribution in [1.82, 2.24) is 9.97 Å². The van der Waals surface area contributed by atoms with Gasteiger partial charge in [-0.1, -0.05) is 6.92 Å². The van der Waals surface area contributed by atoms with Crippen molar-refractivity contribution in [3.05, 3.63) is 11.9 Å². The van der Waals surface area contributed by atoms with E-state index in [2.05, 4.69) is 27.5 Å². The van der Waals surface area contributed by atoms with Crippen LogP contribution in [-0.2, 0) is 0 Å². The normalized spacial score (nSPS) is 10.2. The molecular formula is C11H20N4O. The van der Waals surface area contributed by atoms with Gasteiger partial charge in [-0.25, -0.2) is 9.97 Å². The van der Waals surface area contributed by atoms with Gasteiger partial charge < -0.3 is 15.7 Å². The summed E-state index contributed by atoms with van der Waals surface area (Å²) in [7, 11) is 0. The summed E-state index contributed by atoms with van der Waals surface area (Å²) in [6.07, 6.45) is 3.34. The van der Waals surface area contributed by atoms with Crippen molar-refractivity contribution in [3.8, 4) is 0 Å². The molecule has 0 radical (unpaired) electrons. The Morgan fingerprint density at radius 1 is 1.19 bits per heavy atom. The maximum Gasteiger partial charge on any atom is 0.134 e. The summed E-state index contributed by atoms with van der Waals surface area (Å²) in [5.74, 6) is 1.71. The van der Waals surface area contributed by atoms with Gasteiger partial charge in [0.15, 0.2) is 0 Å². The Kier molecular flexibility index (Phi) is 5.56. The van der Waals surface area contributed by atoms with Gasteiger partial charge in [0.1, 0.15) is 18.0 Å². The van der Waals surface area contributed by atoms with Crippen LogP contribution >= 0.6 is 0 Å². The van der Waals surface area contributed by atoms with Crippen LogP contribution in [0, 0.1) is 6.92 Å². The quantitative estimate of drug-likeness (QED) is 0.611. The molecule has 0 aliphatic rings. The Balaban J connectivity index is 2.62. The molecule has 5 nitrogen and oxygen atoms in total. The summed E-state index contributed by atoms with van der Waals surface area (Å²) < 4.78 is 0. The van der Waals surface area contributed by atoms with E-state index in [-0.39, 0.29) is 6.61 Å². The van der Waals surface area contributed by atoms with Crippen LogP contribution in [0.15, 0.2) is 6.33 Å². The Hall–Kier alpha value is -1.36. The van der Waals surface area contributed by atoms with Crippen LogP contribution in [0.5, 0.6) is 0 Å². The molecule has 0 aliphatic carbocycles. The van der Waals surface area contributed by atoms with E-state index in [0.29, 0.717) is 0 Å². The highest BCUT2D eigenvalue weighted by Gasteiger charge is 2.05. The molecule has 0 saturated carbocycles. The van der Waals surface area contributed by atoms with Crippen LogP contribution in [0.25, 0.3) is 0 Å². The largest absolute Gasteiger partial charge is 0.396 e. The minimum absolute atomic E-state index is 0.193. The smallest absolute Gasteiger partial charge is 0.134 e. The molecular weight excluding hydrogens is 204 g/mol. The van der Waals surface area contributed by atoms with Gasteiger partial charge in [-0.05, 0) is 19.8 Å². The molecule has 0 saturated heterocycles. The van der Waals surface area contributed by atoms with Gasteiger partial charge in [-0.2, -0.15) is 0 Å². The highest BCUT2D eigenvalue weighted by atomic mass is 16.3. The lowest BCUT2D eigenvalue weighted by molar-refractivity contribution is 0.292. The summed E-state index contributed by atoms with van der Waals surface area (Å²) in [5, 5.41) is 15.1. The van der Waals surface area contributed by atoms with Crippen LogP contribution < -0.4 is 10.6 Å². The van der Waals surface area contributed by atoms with Crippen LogP contribution in [0.2, 0.25) is 0 Å². The molecule has 0 spiro atoms. The maximum atomic E-state index is 8.70. The van der Waals surface area contributed by atoms with E-state index >= 15 is 0 Å². The van der Waals surface area contributed by atoms with Crippen LogP contribution in [0.1, 0.15) is 25.3 Å². The van der Waals surface area contributed by atoms with Crippen LogP contribution in [0.3, 0.4) is 0 Å². The fourth-order valence-electron chi connectivity index (χ4n) is 1.34. The molecule has 1 rings (SSSR count). The Morgan fingerprint density at radius 3 is 2.38 bits per heavy atom. The molecule has 16 heavy (non-hydrogen) atoms. The second kappa shape index (κ2) is 7.00. The number of nitrogens with zero attached hydrogens (tertiary/aromatic N) is 2. The van der Waals surface area contributed by atoms with Crippen molar-refractivity contribution in [2.75, 3.05) is 30.3 Å². The molecule has 90 valence electrons. The summed E-state index contributed by atoms with van der Waals surface area (Å²) >= 11 is 0. The number of hydrogen-bond acceptors (Lipinski definition) is 5. The van der Waals surface area contributed by atoms with Gasteiger partial charge in [0.2, 0.25) is 0 Å². The zero-order valence-corrected chi connectivity index (χ0v) is 9.95. The van der Waals surface area contributed by atoms with E-state index in [1.807, 2.05) is 6.92 Å². The molecule has 1 heterocycles. The Morgan fingerprint density at radius 2 is 1.81 bits per heavy atom. The molecule has 0 aliphatic heterocycles. The van der Waals surface area contributed by atoms with Gasteiger partial charge >= 0.3 is 0 Å². The highest BCUT2D eigenvalue weighted by Crippen LogP contribution is 2.17. The predicted octanol–water partition coefficient (Wildman–Crippen LogP) is 1.40. The second-order valence-electron chi connectivity index (χ2n) is 3.63. The Labute approximate surface area is 96.3 Å². The molecule has 0 unspecified atom stereocenters. The predicted molar refractivity (Wildman–Crippen MR) is 65.7 cm³/mol. The third kappa shape index (κ3) is 3.66. The maximum absolute atomic E-state index is 8.70. The first kappa shape index (κ1) is 12.7. The zero-order valence-electron chi connectivity index (χ0n) is 9.95. The first-order chi connectivity index (χ1) is 7.79. The van der Waals surface area contributed by atoms with Gasteiger partial charge in [0, 0.05) is 25.3 Å². The van der Waals surface area contributed by atoms with E-state index in [9.17, 15) is 0 Å². The van der Waals surface area contributed by atoms with Gasteiger partial charge in [-0.3, -0.25) is 0 Å². The van der Waals surface area contributed by atoms with E-state index in [1.54, 1.807) is 6.33 Å². The summed E-state index contributed by atoms with van der Waals surface area (Å²) in [4.78, 5) is 8.37. The molecule has 5 heteroatoms. The monoisotopic (exact) mass is 224 g/mol. The van der Waals surface area contributed by atoms with Gasteiger partial charge in [0.25, 0.3) is 0 Å². The molecule has 0 bridgehead atoms. The summed E-state index contributed by atoms with van der Waals surface area (Å²) in [6, 6.07) is 0. The summed E-state index contributed by atoms with van der Waals surface area (Å²) in [5.41, 5.74) is 1.02. The Bertz CT molecular complexity index is 317. The number of anilines is 2. The lowest BCUT2D eigenvalue weighted by atomic mass is 10.3. The zero-order chi connectivity index (χ0) is 11.8. The molecule has 0 atom stereocenters. The topological polar surface area (TPSA) is 70.1 Å². The van der Waals surface area contributed by atoms with Gasteiger partial charge in [-0.15, -0.1) is 0 Å². The molecule has 1 aromatic rings. The van der Waals surface area contributed by atoms with E-state index in [4.69, 9.17) is 5.11 Å². The number of aromatic nitrogens is 2. The lowest BCUT2D eigenvalue weighted by Crippen LogP contribution is -2.10. The SMILES string of the molecule is CCCNc1ncnc(NCCCO)c1C. The number of aliphatic hydroxyl groups is 1. The first-order valence-corrected chi connectivity index (χ1v) is 5.69. The molecule has 1 aromatic heterocycles. The number of hydrogen-bond donors (Lipinski definition) is 3. The van der Waals surface area contributed by atoms with E-state index < -0.39 is 0 Å². The number of rotatable bonds is 7. The van der Waals surface area contributed by atoms with Crippen molar-refractivity contribution < 1.29 is 5.11 Å². The second-order valence-corrected chi connectivity index (χ2v) is 3.63. The molecule has 0 amide bonds. The third-order valence-electron chi connectivity index (χ3n) is 2.25. The fraction of sp³-hybridized carbons (Fsp3) is 0.636. The highest BCUT2D eigenvalue weighted by molar-refractivity contribution is 5.56. The average molecular weight is 224 g/mol. The lowest BCUT2D eigenvalue weighted by Gasteiger charge is -2.11. The molecule has 3 N–H and O–H groups in total. The number of aliphatic hydroxyl groups excluding tert-OH is 1. The minimum atomic E-state index is 0.193. The van der Waals surface area contributed by atoms with Crippen molar-refractivity contribution in [2.45, 2.75) is 26.7 Å². The van der Waals surface area contributed by atoms with Crippen LogP contribution in [-0.4, -0.2) is 34.8 Å². The van der Waals surface area contributed by atoms with Crippen molar-refractivity contribution in [2.24, 2.45) is 0 Å². The third-order valence-corrected chi connectivity index (χ3v) is 2.25. The average Bonchev–Trinajstić information content (AvgIpc) is 2.30. The number of nitrogens with one attached hydrogen (secondary N) is 2. The van der Waals surface area contributed by atoms with Crippen LogP contribution in [0.4, 0.5) is 11.6 Å². The standard InChI is InChI=1S/C11H20N4O/c1-3-5-12-10-9(2)11(15-8-14-10)13-6-4-7-16/h8,16H,3-7H2,1-2H3,(H2,12,13,14,15). The fourth-order valence-corrected chi connectivity index (χ4v) is 1.34.